The van der Waals surface area contributed by atoms with Crippen LogP contribution in [0.5, 0.6) is 0 Å². The topological polar surface area (TPSA) is 92.9 Å². The lowest BCUT2D eigenvalue weighted by Crippen LogP contribution is -2.47. The van der Waals surface area contributed by atoms with Gasteiger partial charge >= 0.3 is 5.97 Å². The summed E-state index contributed by atoms with van der Waals surface area (Å²) in [7, 11) is 1.54. The maximum absolute atomic E-state index is 11.9. The molecule has 6 heteroatoms. The molecule has 0 aliphatic heterocycles. The van der Waals surface area contributed by atoms with Crippen LogP contribution in [-0.4, -0.2) is 54.7 Å². The summed E-state index contributed by atoms with van der Waals surface area (Å²) in [6.45, 7) is 0.638. The molecule has 0 aromatic rings. The van der Waals surface area contributed by atoms with Crippen molar-refractivity contribution in [1.82, 2.24) is 4.90 Å². The molecule has 0 heterocycles. The highest BCUT2D eigenvalue weighted by atomic mass is 16.5. The van der Waals surface area contributed by atoms with Crippen molar-refractivity contribution in [2.75, 3.05) is 26.8 Å². The molecule has 0 radical (unpaired) electrons. The minimum atomic E-state index is -1.00. The van der Waals surface area contributed by atoms with Crippen molar-refractivity contribution in [2.45, 2.75) is 25.3 Å². The molecule has 1 aliphatic rings. The lowest BCUT2D eigenvalue weighted by molar-refractivity contribution is -0.145. The van der Waals surface area contributed by atoms with Crippen LogP contribution in [0.3, 0.4) is 0 Å². The molecule has 0 bridgehead atoms. The van der Waals surface area contributed by atoms with Crippen LogP contribution in [0.2, 0.25) is 0 Å². The summed E-state index contributed by atoms with van der Waals surface area (Å²) in [5.41, 5.74) is 5.71. The Bertz CT molecular complexity index is 279. The van der Waals surface area contributed by atoms with Crippen LogP contribution >= 0.6 is 0 Å². The first-order valence-corrected chi connectivity index (χ1v) is 5.79. The number of nitrogens with two attached hydrogens (primary N) is 1. The Morgan fingerprint density at radius 1 is 1.53 bits per heavy atom. The standard InChI is InChI=1S/C11H20N2O4/c1-17-5-4-9(12)11(16)13(7-10(14)15)6-8-2-3-8/h8-9H,2-7,12H2,1H3,(H,14,15). The van der Waals surface area contributed by atoms with Crippen molar-refractivity contribution in [3.63, 3.8) is 0 Å². The normalized spacial score (nSPS) is 16.6. The van der Waals surface area contributed by atoms with Gasteiger partial charge in [-0.25, -0.2) is 0 Å². The number of rotatable bonds is 8. The Balaban J connectivity index is 2.47. The van der Waals surface area contributed by atoms with Crippen LogP contribution in [0.15, 0.2) is 0 Å². The van der Waals surface area contributed by atoms with Crippen molar-refractivity contribution in [2.24, 2.45) is 11.7 Å². The van der Waals surface area contributed by atoms with Crippen molar-refractivity contribution in [1.29, 1.82) is 0 Å². The van der Waals surface area contributed by atoms with E-state index < -0.39 is 12.0 Å². The van der Waals surface area contributed by atoms with Crippen molar-refractivity contribution in [3.8, 4) is 0 Å². The fourth-order valence-electron chi connectivity index (χ4n) is 1.61. The van der Waals surface area contributed by atoms with Gasteiger partial charge in [-0.05, 0) is 25.2 Å². The minimum Gasteiger partial charge on any atom is -0.480 e. The summed E-state index contributed by atoms with van der Waals surface area (Å²) >= 11 is 0. The highest BCUT2D eigenvalue weighted by molar-refractivity contribution is 5.85. The smallest absolute Gasteiger partial charge is 0.323 e. The molecule has 1 rings (SSSR count). The van der Waals surface area contributed by atoms with Crippen LogP contribution in [0.4, 0.5) is 0 Å². The average Bonchev–Trinajstić information content (AvgIpc) is 3.07. The third-order valence-electron chi connectivity index (χ3n) is 2.76. The Morgan fingerprint density at radius 3 is 2.65 bits per heavy atom. The molecule has 1 aliphatic carbocycles. The summed E-state index contributed by atoms with van der Waals surface area (Å²) in [6, 6.07) is -0.673. The van der Waals surface area contributed by atoms with Gasteiger partial charge in [0.15, 0.2) is 0 Å². The van der Waals surface area contributed by atoms with Gasteiger partial charge in [0.25, 0.3) is 0 Å². The van der Waals surface area contributed by atoms with Crippen LogP contribution < -0.4 is 5.73 Å². The molecule has 3 N–H and O–H groups in total. The van der Waals surface area contributed by atoms with Gasteiger partial charge in [-0.1, -0.05) is 0 Å². The molecule has 98 valence electrons. The summed E-state index contributed by atoms with van der Waals surface area (Å²) in [4.78, 5) is 24.0. The Labute approximate surface area is 101 Å². The van der Waals surface area contributed by atoms with E-state index >= 15 is 0 Å². The van der Waals surface area contributed by atoms with Gasteiger partial charge in [-0.2, -0.15) is 0 Å². The predicted molar refractivity (Wildman–Crippen MR) is 61.4 cm³/mol. The van der Waals surface area contributed by atoms with Gasteiger partial charge in [0.1, 0.15) is 6.54 Å². The lowest BCUT2D eigenvalue weighted by atomic mass is 10.2. The summed E-state index contributed by atoms with van der Waals surface area (Å²) in [5, 5.41) is 8.76. The molecule has 0 aromatic heterocycles. The number of carbonyl (C=O) groups excluding carboxylic acids is 1. The number of hydrogen-bond donors (Lipinski definition) is 2. The largest absolute Gasteiger partial charge is 0.480 e. The first-order valence-electron chi connectivity index (χ1n) is 5.79. The summed E-state index contributed by atoms with van der Waals surface area (Å²) in [6.07, 6.45) is 2.55. The van der Waals surface area contributed by atoms with E-state index in [2.05, 4.69) is 0 Å². The molecule has 1 amide bonds. The number of aliphatic carboxylic acids is 1. The third-order valence-corrected chi connectivity index (χ3v) is 2.76. The number of carboxylic acids is 1. The summed E-state index contributed by atoms with van der Waals surface area (Å²) in [5.74, 6) is -0.845. The van der Waals surface area contributed by atoms with Crippen LogP contribution in [0.25, 0.3) is 0 Å². The molecule has 6 nitrogen and oxygen atoms in total. The predicted octanol–water partition coefficient (Wildman–Crippen LogP) is -0.327. The Morgan fingerprint density at radius 2 is 2.18 bits per heavy atom. The number of ether oxygens (including phenoxy) is 1. The van der Waals surface area contributed by atoms with Crippen LogP contribution in [0, 0.1) is 5.92 Å². The molecule has 0 spiro atoms. The minimum absolute atomic E-state index is 0.268. The lowest BCUT2D eigenvalue weighted by Gasteiger charge is -2.23. The number of carboxylic acid groups (broad SMARTS) is 1. The van der Waals surface area contributed by atoms with E-state index in [9.17, 15) is 9.59 Å². The van der Waals surface area contributed by atoms with Gasteiger partial charge < -0.3 is 20.5 Å². The van der Waals surface area contributed by atoms with E-state index in [4.69, 9.17) is 15.6 Å². The van der Waals surface area contributed by atoms with E-state index in [0.717, 1.165) is 12.8 Å². The highest BCUT2D eigenvalue weighted by Gasteiger charge is 2.29. The van der Waals surface area contributed by atoms with Gasteiger partial charge in [-0.15, -0.1) is 0 Å². The summed E-state index contributed by atoms with van der Waals surface area (Å²) < 4.78 is 4.85. The van der Waals surface area contributed by atoms with E-state index in [-0.39, 0.29) is 12.5 Å². The van der Waals surface area contributed by atoms with Gasteiger partial charge in [0, 0.05) is 20.3 Å². The Hall–Kier alpha value is -1.14. The number of hydrogen-bond acceptors (Lipinski definition) is 4. The van der Waals surface area contributed by atoms with Crippen molar-refractivity contribution < 1.29 is 19.4 Å². The van der Waals surface area contributed by atoms with Gasteiger partial charge in [-0.3, -0.25) is 9.59 Å². The second kappa shape index (κ2) is 6.56. The number of nitrogens with zero attached hydrogens (tertiary/aromatic N) is 1. The first kappa shape index (κ1) is 13.9. The molecular weight excluding hydrogens is 224 g/mol. The monoisotopic (exact) mass is 244 g/mol. The second-order valence-electron chi connectivity index (χ2n) is 4.44. The molecule has 17 heavy (non-hydrogen) atoms. The zero-order chi connectivity index (χ0) is 12.8. The zero-order valence-corrected chi connectivity index (χ0v) is 10.1. The molecule has 1 unspecified atom stereocenters. The van der Waals surface area contributed by atoms with E-state index in [1.807, 2.05) is 0 Å². The molecular formula is C11H20N2O4. The molecule has 1 atom stereocenters. The quantitative estimate of drug-likeness (QED) is 0.610. The molecule has 1 fully saturated rings. The first-order chi connectivity index (χ1) is 8.04. The van der Waals surface area contributed by atoms with E-state index in [1.165, 1.54) is 12.0 Å². The fourth-order valence-corrected chi connectivity index (χ4v) is 1.61. The van der Waals surface area contributed by atoms with Crippen molar-refractivity contribution in [3.05, 3.63) is 0 Å². The maximum atomic E-state index is 11.9. The third kappa shape index (κ3) is 5.14. The number of methoxy groups -OCH3 is 1. The average molecular weight is 244 g/mol. The second-order valence-corrected chi connectivity index (χ2v) is 4.44. The molecule has 1 saturated carbocycles. The Kier molecular flexibility index (Phi) is 5.37. The SMILES string of the molecule is COCCC(N)C(=O)N(CC(=O)O)CC1CC1. The van der Waals surface area contributed by atoms with Gasteiger partial charge in [0.2, 0.25) is 5.91 Å². The van der Waals surface area contributed by atoms with Crippen molar-refractivity contribution >= 4 is 11.9 Å². The highest BCUT2D eigenvalue weighted by Crippen LogP contribution is 2.29. The number of amides is 1. The number of carbonyl (C=O) groups is 2. The van der Waals surface area contributed by atoms with Crippen LogP contribution in [-0.2, 0) is 14.3 Å². The van der Waals surface area contributed by atoms with E-state index in [0.29, 0.717) is 25.5 Å². The maximum Gasteiger partial charge on any atom is 0.323 e. The molecule has 0 aromatic carbocycles. The zero-order valence-electron chi connectivity index (χ0n) is 10.1. The van der Waals surface area contributed by atoms with E-state index in [1.54, 1.807) is 0 Å². The molecule has 0 saturated heterocycles. The van der Waals surface area contributed by atoms with Gasteiger partial charge in [0.05, 0.1) is 6.04 Å². The fraction of sp³-hybridized carbons (Fsp3) is 0.818. The van der Waals surface area contributed by atoms with Crippen LogP contribution in [0.1, 0.15) is 19.3 Å².